The molecule has 0 aliphatic carbocycles. The lowest BCUT2D eigenvalue weighted by Gasteiger charge is -2.22. The summed E-state index contributed by atoms with van der Waals surface area (Å²) in [5.41, 5.74) is 1.24. The molecule has 1 aliphatic heterocycles. The molecule has 0 unspecified atom stereocenters. The van der Waals surface area contributed by atoms with Crippen molar-refractivity contribution in [1.29, 1.82) is 0 Å². The van der Waals surface area contributed by atoms with E-state index in [9.17, 15) is 0 Å². The maximum Gasteiger partial charge on any atom is 0.191 e. The molecule has 1 aromatic heterocycles. The van der Waals surface area contributed by atoms with Crippen LogP contribution in [0.3, 0.4) is 0 Å². The van der Waals surface area contributed by atoms with Gasteiger partial charge in [0.05, 0.1) is 0 Å². The quantitative estimate of drug-likeness (QED) is 0.648. The molecular weight excluding hydrogens is 274 g/mol. The Labute approximate surface area is 134 Å². The number of aliphatic imine (C=N–C) groups is 1. The third-order valence-corrected chi connectivity index (χ3v) is 3.97. The van der Waals surface area contributed by atoms with Gasteiger partial charge in [-0.3, -0.25) is 4.99 Å². The minimum atomic E-state index is 0.771. The number of rotatable bonds is 5. The van der Waals surface area contributed by atoms with Gasteiger partial charge < -0.3 is 15.5 Å². The predicted octanol–water partition coefficient (Wildman–Crippen LogP) is 2.54. The number of nitrogens with one attached hydrogen (secondary N) is 2. The van der Waals surface area contributed by atoms with Crippen molar-refractivity contribution in [1.82, 2.24) is 15.6 Å². The fourth-order valence-electron chi connectivity index (χ4n) is 2.69. The molecule has 1 aliphatic rings. The van der Waals surface area contributed by atoms with Gasteiger partial charge in [0.1, 0.15) is 5.82 Å². The van der Waals surface area contributed by atoms with Gasteiger partial charge in [0.25, 0.3) is 0 Å². The van der Waals surface area contributed by atoms with Crippen molar-refractivity contribution >= 4 is 11.8 Å². The van der Waals surface area contributed by atoms with E-state index in [-0.39, 0.29) is 0 Å². The molecule has 1 aromatic rings. The van der Waals surface area contributed by atoms with E-state index in [2.05, 4.69) is 44.6 Å². The summed E-state index contributed by atoms with van der Waals surface area (Å²) in [6.45, 7) is 6.12. The van der Waals surface area contributed by atoms with E-state index in [4.69, 9.17) is 0 Å². The molecule has 2 heterocycles. The lowest BCUT2D eigenvalue weighted by Crippen LogP contribution is -2.37. The Kier molecular flexibility index (Phi) is 7.00. The molecular formula is C17H29N5. The molecule has 5 heteroatoms. The maximum absolute atomic E-state index is 4.55. The maximum atomic E-state index is 4.55. The van der Waals surface area contributed by atoms with Gasteiger partial charge in [0, 0.05) is 39.4 Å². The van der Waals surface area contributed by atoms with Gasteiger partial charge >= 0.3 is 0 Å². The Morgan fingerprint density at radius 2 is 2.00 bits per heavy atom. The molecule has 0 aromatic carbocycles. The Bertz CT molecular complexity index is 464. The van der Waals surface area contributed by atoms with Crippen LogP contribution in [0.4, 0.5) is 5.82 Å². The van der Waals surface area contributed by atoms with E-state index in [1.807, 2.05) is 6.20 Å². The van der Waals surface area contributed by atoms with Gasteiger partial charge in [-0.25, -0.2) is 4.98 Å². The SMILES string of the molecule is CCCNC(=NC)NCc1ccnc(N2CCCCCC2)c1. The minimum absolute atomic E-state index is 0.771. The molecule has 0 spiro atoms. The fourth-order valence-corrected chi connectivity index (χ4v) is 2.69. The highest BCUT2D eigenvalue weighted by molar-refractivity contribution is 5.79. The van der Waals surface area contributed by atoms with Gasteiger partial charge in [-0.05, 0) is 37.0 Å². The molecule has 5 nitrogen and oxygen atoms in total. The molecule has 0 atom stereocenters. The van der Waals surface area contributed by atoms with Crippen molar-refractivity contribution in [2.75, 3.05) is 31.6 Å². The van der Waals surface area contributed by atoms with Gasteiger partial charge in [0.15, 0.2) is 5.96 Å². The van der Waals surface area contributed by atoms with E-state index in [1.54, 1.807) is 7.05 Å². The summed E-state index contributed by atoms with van der Waals surface area (Å²) in [7, 11) is 1.81. The van der Waals surface area contributed by atoms with Gasteiger partial charge in [-0.1, -0.05) is 19.8 Å². The summed E-state index contributed by atoms with van der Waals surface area (Å²) in [5.74, 6) is 1.97. The molecule has 22 heavy (non-hydrogen) atoms. The van der Waals surface area contributed by atoms with E-state index in [0.717, 1.165) is 44.4 Å². The zero-order valence-electron chi connectivity index (χ0n) is 13.9. The van der Waals surface area contributed by atoms with Crippen LogP contribution in [0, 0.1) is 0 Å². The normalized spacial score (nSPS) is 16.3. The molecule has 1 fully saturated rings. The first-order valence-corrected chi connectivity index (χ1v) is 8.48. The number of guanidine groups is 1. The number of pyridine rings is 1. The molecule has 2 rings (SSSR count). The van der Waals surface area contributed by atoms with Crippen molar-refractivity contribution < 1.29 is 0 Å². The standard InChI is InChI=1S/C17H29N5/c1-3-9-20-17(18-2)21-14-15-8-10-19-16(13-15)22-11-6-4-5-7-12-22/h8,10,13H,3-7,9,11-12,14H2,1-2H3,(H2,18,20,21). The molecule has 2 N–H and O–H groups in total. The van der Waals surface area contributed by atoms with E-state index < -0.39 is 0 Å². The Balaban J connectivity index is 1.93. The summed E-state index contributed by atoms with van der Waals surface area (Å²) in [6, 6.07) is 4.27. The zero-order valence-corrected chi connectivity index (χ0v) is 13.9. The van der Waals surface area contributed by atoms with Gasteiger partial charge in [-0.2, -0.15) is 0 Å². The van der Waals surface area contributed by atoms with Crippen molar-refractivity contribution in [3.8, 4) is 0 Å². The van der Waals surface area contributed by atoms with Crippen molar-refractivity contribution in [3.05, 3.63) is 23.9 Å². The second kappa shape index (κ2) is 9.28. The van der Waals surface area contributed by atoms with Crippen LogP contribution in [0.1, 0.15) is 44.6 Å². The first-order valence-electron chi connectivity index (χ1n) is 8.48. The Hall–Kier alpha value is -1.78. The minimum Gasteiger partial charge on any atom is -0.357 e. The van der Waals surface area contributed by atoms with E-state index in [1.165, 1.54) is 31.2 Å². The average Bonchev–Trinajstić information content (AvgIpc) is 2.85. The smallest absolute Gasteiger partial charge is 0.191 e. The van der Waals surface area contributed by atoms with Crippen LogP contribution in [-0.2, 0) is 6.54 Å². The number of aromatic nitrogens is 1. The largest absolute Gasteiger partial charge is 0.357 e. The highest BCUT2D eigenvalue weighted by Crippen LogP contribution is 2.18. The molecule has 0 amide bonds. The van der Waals surface area contributed by atoms with Crippen LogP contribution in [0.15, 0.2) is 23.3 Å². The fraction of sp³-hybridized carbons (Fsp3) is 0.647. The van der Waals surface area contributed by atoms with Crippen LogP contribution >= 0.6 is 0 Å². The Morgan fingerprint density at radius 3 is 2.68 bits per heavy atom. The molecule has 0 bridgehead atoms. The lowest BCUT2D eigenvalue weighted by molar-refractivity contribution is 0.726. The number of hydrogen-bond acceptors (Lipinski definition) is 3. The molecule has 0 radical (unpaired) electrons. The van der Waals surface area contributed by atoms with Crippen molar-refractivity contribution in [2.45, 2.75) is 45.6 Å². The summed E-state index contributed by atoms with van der Waals surface area (Å²) < 4.78 is 0. The van der Waals surface area contributed by atoms with E-state index in [0.29, 0.717) is 0 Å². The summed E-state index contributed by atoms with van der Waals surface area (Å²) in [5, 5.41) is 6.64. The van der Waals surface area contributed by atoms with Crippen molar-refractivity contribution in [2.24, 2.45) is 4.99 Å². The molecule has 122 valence electrons. The topological polar surface area (TPSA) is 52.6 Å². The highest BCUT2D eigenvalue weighted by atomic mass is 15.2. The molecule has 0 saturated carbocycles. The van der Waals surface area contributed by atoms with Crippen LogP contribution < -0.4 is 15.5 Å². The van der Waals surface area contributed by atoms with Crippen LogP contribution in [-0.4, -0.2) is 37.6 Å². The van der Waals surface area contributed by atoms with Crippen LogP contribution in [0.5, 0.6) is 0 Å². The third kappa shape index (κ3) is 5.20. The second-order valence-corrected chi connectivity index (χ2v) is 5.78. The van der Waals surface area contributed by atoms with Crippen LogP contribution in [0.2, 0.25) is 0 Å². The second-order valence-electron chi connectivity index (χ2n) is 5.78. The lowest BCUT2D eigenvalue weighted by atomic mass is 10.2. The van der Waals surface area contributed by atoms with Gasteiger partial charge in [-0.15, -0.1) is 0 Å². The monoisotopic (exact) mass is 303 g/mol. The summed E-state index contributed by atoms with van der Waals surface area (Å²) in [4.78, 5) is 11.2. The zero-order chi connectivity index (χ0) is 15.6. The first kappa shape index (κ1) is 16.6. The van der Waals surface area contributed by atoms with Crippen LogP contribution in [0.25, 0.3) is 0 Å². The highest BCUT2D eigenvalue weighted by Gasteiger charge is 2.11. The van der Waals surface area contributed by atoms with Gasteiger partial charge in [0.2, 0.25) is 0 Å². The summed E-state index contributed by atoms with van der Waals surface area (Å²) >= 11 is 0. The number of anilines is 1. The molecule has 1 saturated heterocycles. The Morgan fingerprint density at radius 1 is 1.23 bits per heavy atom. The summed E-state index contributed by atoms with van der Waals surface area (Å²) in [6.07, 6.45) is 8.25. The first-order chi connectivity index (χ1) is 10.8. The van der Waals surface area contributed by atoms with E-state index >= 15 is 0 Å². The average molecular weight is 303 g/mol. The third-order valence-electron chi connectivity index (χ3n) is 3.97. The van der Waals surface area contributed by atoms with Crippen molar-refractivity contribution in [3.63, 3.8) is 0 Å². The predicted molar refractivity (Wildman–Crippen MR) is 93.4 cm³/mol. The number of hydrogen-bond donors (Lipinski definition) is 2. The number of nitrogens with zero attached hydrogens (tertiary/aromatic N) is 3.